The normalized spacial score (nSPS) is 18.8. The number of alkyl halides is 2. The molecule has 6 heteroatoms. The molecule has 0 saturated heterocycles. The lowest BCUT2D eigenvalue weighted by atomic mass is 9.86. The molecular weight excluding hydrogens is 396 g/mol. The molecule has 3 rings (SSSR count). The number of rotatable bonds is 5. The topological polar surface area (TPSA) is 45.2 Å². The van der Waals surface area contributed by atoms with Gasteiger partial charge < -0.3 is 10.2 Å². The molecule has 1 aliphatic carbocycles. The van der Waals surface area contributed by atoms with Gasteiger partial charge in [0.25, 0.3) is 5.91 Å². The molecule has 1 amide bonds. The summed E-state index contributed by atoms with van der Waals surface area (Å²) in [6, 6.07) is 11.6. The highest BCUT2D eigenvalue weighted by atomic mass is 19.3. The number of nitrogens with one attached hydrogen (secondary N) is 1. The Kier molecular flexibility index (Phi) is 6.40. The summed E-state index contributed by atoms with van der Waals surface area (Å²) in [4.78, 5) is 19.7. The fourth-order valence-electron chi connectivity index (χ4n) is 4.08. The molecule has 1 aliphatic rings. The highest BCUT2D eigenvalue weighted by Gasteiger charge is 2.42. The Hall–Kier alpha value is -2.50. The van der Waals surface area contributed by atoms with Gasteiger partial charge in [0.15, 0.2) is 0 Å². The molecular formula is C25H33F2N3O. The average molecular weight is 430 g/mol. The van der Waals surface area contributed by atoms with Crippen LogP contribution in [0.5, 0.6) is 0 Å². The van der Waals surface area contributed by atoms with Gasteiger partial charge in [0.2, 0.25) is 5.92 Å². The number of halogens is 2. The van der Waals surface area contributed by atoms with Crippen LogP contribution in [0.25, 0.3) is 0 Å². The number of pyridine rings is 1. The first-order valence-corrected chi connectivity index (χ1v) is 10.9. The Morgan fingerprint density at radius 1 is 1.06 bits per heavy atom. The molecule has 0 spiro atoms. The van der Waals surface area contributed by atoms with Gasteiger partial charge in [0, 0.05) is 49.6 Å². The van der Waals surface area contributed by atoms with Crippen molar-refractivity contribution in [2.45, 2.75) is 76.3 Å². The van der Waals surface area contributed by atoms with Gasteiger partial charge in [-0.05, 0) is 48.9 Å². The van der Waals surface area contributed by atoms with Crippen molar-refractivity contribution in [2.24, 2.45) is 0 Å². The van der Waals surface area contributed by atoms with E-state index in [9.17, 15) is 13.6 Å². The van der Waals surface area contributed by atoms with E-state index in [-0.39, 0.29) is 43.0 Å². The van der Waals surface area contributed by atoms with E-state index in [0.29, 0.717) is 0 Å². The van der Waals surface area contributed by atoms with Crippen LogP contribution in [0, 0.1) is 0 Å². The van der Waals surface area contributed by atoms with E-state index in [1.165, 1.54) is 5.56 Å². The van der Waals surface area contributed by atoms with Gasteiger partial charge in [-0.25, -0.2) is 8.78 Å². The summed E-state index contributed by atoms with van der Waals surface area (Å²) in [6.45, 7) is 8.33. The molecule has 1 atom stereocenters. The largest absolute Gasteiger partial charge is 0.357 e. The maximum Gasteiger partial charge on any atom is 0.250 e. The lowest BCUT2D eigenvalue weighted by Crippen LogP contribution is -2.56. The highest BCUT2D eigenvalue weighted by Crippen LogP contribution is 2.36. The third-order valence-corrected chi connectivity index (χ3v) is 6.51. The minimum atomic E-state index is -2.63. The second-order valence-electron chi connectivity index (χ2n) is 9.77. The summed E-state index contributed by atoms with van der Waals surface area (Å²) < 4.78 is 27.1. The fourth-order valence-corrected chi connectivity index (χ4v) is 4.08. The SMILES string of the molecule is CN(c1ccc(C(C)(C)C)cc1)C(C)(C(=O)NC1CCC(F)(F)CC1)c1cccnc1. The minimum absolute atomic E-state index is 0.0319. The Bertz CT molecular complexity index is 883. The van der Waals surface area contributed by atoms with Gasteiger partial charge in [-0.1, -0.05) is 39.0 Å². The summed E-state index contributed by atoms with van der Waals surface area (Å²) in [5, 5.41) is 3.04. The van der Waals surface area contributed by atoms with Crippen molar-refractivity contribution in [2.75, 3.05) is 11.9 Å². The molecule has 0 aliphatic heterocycles. The van der Waals surface area contributed by atoms with Crippen molar-refractivity contribution >= 4 is 11.6 Å². The predicted molar refractivity (Wildman–Crippen MR) is 120 cm³/mol. The van der Waals surface area contributed by atoms with Crippen LogP contribution in [0.3, 0.4) is 0 Å². The lowest BCUT2D eigenvalue weighted by Gasteiger charge is -2.41. The van der Waals surface area contributed by atoms with E-state index in [0.717, 1.165) is 11.3 Å². The van der Waals surface area contributed by atoms with Gasteiger partial charge in [0.05, 0.1) is 0 Å². The first-order valence-electron chi connectivity index (χ1n) is 10.9. The molecule has 0 bridgehead atoms. The van der Waals surface area contributed by atoms with Crippen molar-refractivity contribution in [1.82, 2.24) is 10.3 Å². The molecule has 4 nitrogen and oxygen atoms in total. The van der Waals surface area contributed by atoms with E-state index in [1.54, 1.807) is 18.5 Å². The Balaban J connectivity index is 1.89. The van der Waals surface area contributed by atoms with Crippen molar-refractivity contribution in [3.05, 3.63) is 59.9 Å². The summed E-state index contributed by atoms with van der Waals surface area (Å²) in [7, 11) is 1.88. The number of likely N-dealkylation sites (N-methyl/N-ethyl adjacent to an activating group) is 1. The van der Waals surface area contributed by atoms with Crippen LogP contribution in [0.15, 0.2) is 48.8 Å². The van der Waals surface area contributed by atoms with E-state index in [4.69, 9.17) is 0 Å². The third-order valence-electron chi connectivity index (χ3n) is 6.51. The van der Waals surface area contributed by atoms with Crippen LogP contribution in [-0.2, 0) is 15.7 Å². The molecule has 1 saturated carbocycles. The van der Waals surface area contributed by atoms with Crippen LogP contribution in [-0.4, -0.2) is 29.9 Å². The van der Waals surface area contributed by atoms with E-state index in [1.807, 2.05) is 37.1 Å². The van der Waals surface area contributed by atoms with E-state index < -0.39 is 11.5 Å². The van der Waals surface area contributed by atoms with Crippen LogP contribution in [0.1, 0.15) is 64.5 Å². The highest BCUT2D eigenvalue weighted by molar-refractivity contribution is 5.91. The zero-order chi connectivity index (χ0) is 22.9. The second-order valence-corrected chi connectivity index (χ2v) is 9.77. The smallest absolute Gasteiger partial charge is 0.250 e. The quantitative estimate of drug-likeness (QED) is 0.690. The lowest BCUT2D eigenvalue weighted by molar-refractivity contribution is -0.128. The van der Waals surface area contributed by atoms with Crippen LogP contribution < -0.4 is 10.2 Å². The number of amides is 1. The number of carbonyl (C=O) groups excluding carboxylic acids is 1. The summed E-state index contributed by atoms with van der Waals surface area (Å²) >= 11 is 0. The summed E-state index contributed by atoms with van der Waals surface area (Å²) in [5.74, 6) is -2.84. The van der Waals surface area contributed by atoms with E-state index in [2.05, 4.69) is 43.2 Å². The van der Waals surface area contributed by atoms with E-state index >= 15 is 0 Å². The third kappa shape index (κ3) is 5.05. The molecule has 1 aromatic carbocycles. The Morgan fingerprint density at radius 2 is 1.68 bits per heavy atom. The first kappa shape index (κ1) is 23.2. The van der Waals surface area contributed by atoms with Crippen molar-refractivity contribution in [1.29, 1.82) is 0 Å². The molecule has 1 unspecified atom stereocenters. The van der Waals surface area contributed by atoms with Crippen LogP contribution in [0.2, 0.25) is 0 Å². The molecule has 2 aromatic rings. The van der Waals surface area contributed by atoms with Gasteiger partial charge in [-0.15, -0.1) is 0 Å². The van der Waals surface area contributed by atoms with Gasteiger partial charge in [-0.3, -0.25) is 9.78 Å². The maximum absolute atomic E-state index is 13.6. The monoisotopic (exact) mass is 429 g/mol. The number of carbonyl (C=O) groups is 1. The Labute approximate surface area is 184 Å². The molecule has 0 radical (unpaired) electrons. The van der Waals surface area contributed by atoms with Gasteiger partial charge >= 0.3 is 0 Å². The number of hydrogen-bond acceptors (Lipinski definition) is 3. The molecule has 1 heterocycles. The number of hydrogen-bond donors (Lipinski definition) is 1. The minimum Gasteiger partial charge on any atom is -0.357 e. The summed E-state index contributed by atoms with van der Waals surface area (Å²) in [5.41, 5.74) is 1.84. The second kappa shape index (κ2) is 8.56. The molecule has 1 N–H and O–H groups in total. The number of anilines is 1. The summed E-state index contributed by atoms with van der Waals surface area (Å²) in [6.07, 6.45) is 3.55. The van der Waals surface area contributed by atoms with Crippen molar-refractivity contribution < 1.29 is 13.6 Å². The standard InChI is InChI=1S/C25H33F2N3O/c1-23(2,3)18-8-10-21(11-9-18)30(5)24(4,19-7-6-16-28-17-19)22(31)29-20-12-14-25(26,27)15-13-20/h6-11,16-17,20H,12-15H2,1-5H3,(H,29,31). The van der Waals surface area contributed by atoms with Crippen molar-refractivity contribution in [3.63, 3.8) is 0 Å². The number of benzene rings is 1. The molecule has 168 valence electrons. The fraction of sp³-hybridized carbons (Fsp3) is 0.520. The molecule has 1 fully saturated rings. The zero-order valence-corrected chi connectivity index (χ0v) is 19.1. The number of aromatic nitrogens is 1. The first-order chi connectivity index (χ1) is 14.4. The number of nitrogens with zero attached hydrogens (tertiary/aromatic N) is 2. The molecule has 31 heavy (non-hydrogen) atoms. The van der Waals surface area contributed by atoms with Crippen LogP contribution in [0.4, 0.5) is 14.5 Å². The maximum atomic E-state index is 13.6. The average Bonchev–Trinajstić information content (AvgIpc) is 2.74. The van der Waals surface area contributed by atoms with Gasteiger partial charge in [0.1, 0.15) is 5.54 Å². The zero-order valence-electron chi connectivity index (χ0n) is 19.1. The predicted octanol–water partition coefficient (Wildman–Crippen LogP) is 5.42. The van der Waals surface area contributed by atoms with Gasteiger partial charge in [-0.2, -0.15) is 0 Å². The van der Waals surface area contributed by atoms with Crippen LogP contribution >= 0.6 is 0 Å². The Morgan fingerprint density at radius 3 is 2.19 bits per heavy atom. The molecule has 1 aromatic heterocycles. The van der Waals surface area contributed by atoms with Crippen molar-refractivity contribution in [3.8, 4) is 0 Å².